The third-order valence-electron chi connectivity index (χ3n) is 4.80. The van der Waals surface area contributed by atoms with Gasteiger partial charge in [-0.3, -0.25) is 14.9 Å². The number of carbonyl (C=O) groups is 1. The molecule has 1 amide bonds. The summed E-state index contributed by atoms with van der Waals surface area (Å²) in [6, 6.07) is 11.2. The Hall–Kier alpha value is -2.78. The van der Waals surface area contributed by atoms with Crippen molar-refractivity contribution in [3.05, 3.63) is 64.2 Å². The molecule has 2 aromatic rings. The molecule has 1 aliphatic heterocycles. The summed E-state index contributed by atoms with van der Waals surface area (Å²) in [5.41, 5.74) is 0.637. The van der Waals surface area contributed by atoms with E-state index in [2.05, 4.69) is 5.32 Å². The summed E-state index contributed by atoms with van der Waals surface area (Å²) in [4.78, 5) is 22.7. The zero-order chi connectivity index (χ0) is 20.3. The average Bonchev–Trinajstić information content (AvgIpc) is 2.68. The van der Waals surface area contributed by atoms with Crippen LogP contribution in [0.3, 0.4) is 0 Å². The maximum absolute atomic E-state index is 12.8. The maximum Gasteiger partial charge on any atom is 0.269 e. The molecule has 0 saturated carbocycles. The minimum absolute atomic E-state index is 0.0381. The monoisotopic (exact) mass is 403 g/mol. The van der Waals surface area contributed by atoms with Gasteiger partial charge in [0, 0.05) is 36.0 Å². The third-order valence-corrected chi connectivity index (χ3v) is 6.83. The second-order valence-corrected chi connectivity index (χ2v) is 8.63. The molecule has 8 nitrogen and oxygen atoms in total. The number of nitrogens with one attached hydrogen (secondary N) is 1. The lowest BCUT2D eigenvalue weighted by atomic mass is 10.1. The first-order chi connectivity index (χ1) is 13.3. The lowest BCUT2D eigenvalue weighted by Gasteiger charge is -2.32. The van der Waals surface area contributed by atoms with Gasteiger partial charge in [-0.25, -0.2) is 8.42 Å². The molecule has 1 saturated heterocycles. The summed E-state index contributed by atoms with van der Waals surface area (Å²) in [5, 5.41) is 13.3. The van der Waals surface area contributed by atoms with Crippen LogP contribution in [0.1, 0.15) is 36.5 Å². The van der Waals surface area contributed by atoms with Crippen LogP contribution in [0.5, 0.6) is 0 Å². The molecular formula is C19H21N3O5S. The number of piperidine rings is 1. The minimum Gasteiger partial charge on any atom is -0.322 e. The molecule has 0 bridgehead atoms. The first-order valence-electron chi connectivity index (χ1n) is 8.97. The van der Waals surface area contributed by atoms with Crippen LogP contribution in [0.4, 0.5) is 11.4 Å². The molecule has 1 fully saturated rings. The number of nitrogens with zero attached hydrogens (tertiary/aromatic N) is 2. The Balaban J connectivity index is 1.72. The van der Waals surface area contributed by atoms with Crippen molar-refractivity contribution in [1.82, 2.24) is 4.31 Å². The number of sulfonamides is 1. The Bertz CT molecular complexity index is 972. The first-order valence-corrected chi connectivity index (χ1v) is 10.4. The SMILES string of the molecule is C[C@H]1CCCCN1S(=O)(=O)c1ccc(C(=O)Nc2ccc([N+](=O)[O-])cc2)cc1. The standard InChI is InChI=1S/C19H21N3O5S/c1-14-4-2-3-13-21(14)28(26,27)18-11-5-15(6-12-18)19(23)20-16-7-9-17(10-8-16)22(24)25/h5-12,14H,2-4,13H2,1H3,(H,20,23)/t14-/m0/s1. The van der Waals surface area contributed by atoms with E-state index in [0.29, 0.717) is 17.8 Å². The van der Waals surface area contributed by atoms with E-state index in [0.717, 1.165) is 19.3 Å². The molecule has 0 unspecified atom stereocenters. The molecule has 1 N–H and O–H groups in total. The highest BCUT2D eigenvalue weighted by Gasteiger charge is 2.30. The molecule has 1 aliphatic rings. The number of nitro benzene ring substituents is 1. The maximum atomic E-state index is 12.8. The number of anilines is 1. The summed E-state index contributed by atoms with van der Waals surface area (Å²) in [7, 11) is -3.59. The Morgan fingerprint density at radius 2 is 1.75 bits per heavy atom. The van der Waals surface area contributed by atoms with Crippen molar-refractivity contribution < 1.29 is 18.1 Å². The zero-order valence-electron chi connectivity index (χ0n) is 15.4. The Morgan fingerprint density at radius 3 is 2.32 bits per heavy atom. The van der Waals surface area contributed by atoms with Crippen LogP contribution in [0, 0.1) is 10.1 Å². The zero-order valence-corrected chi connectivity index (χ0v) is 16.2. The molecule has 0 spiro atoms. The van der Waals surface area contributed by atoms with Gasteiger partial charge in [-0.05, 0) is 56.2 Å². The Labute approximate surface area is 163 Å². The van der Waals surface area contributed by atoms with Crippen LogP contribution in [0.25, 0.3) is 0 Å². The second-order valence-electron chi connectivity index (χ2n) is 6.74. The number of hydrogen-bond donors (Lipinski definition) is 1. The highest BCUT2D eigenvalue weighted by Crippen LogP contribution is 2.25. The number of hydrogen-bond acceptors (Lipinski definition) is 5. The van der Waals surface area contributed by atoms with Gasteiger partial charge in [0.25, 0.3) is 11.6 Å². The van der Waals surface area contributed by atoms with Gasteiger partial charge in [0.1, 0.15) is 0 Å². The van der Waals surface area contributed by atoms with Gasteiger partial charge >= 0.3 is 0 Å². The van der Waals surface area contributed by atoms with Crippen LogP contribution >= 0.6 is 0 Å². The highest BCUT2D eigenvalue weighted by molar-refractivity contribution is 7.89. The minimum atomic E-state index is -3.59. The molecule has 1 heterocycles. The molecule has 148 valence electrons. The summed E-state index contributed by atoms with van der Waals surface area (Å²) in [6.45, 7) is 2.41. The normalized spacial score (nSPS) is 17.8. The van der Waals surface area contributed by atoms with Crippen molar-refractivity contribution in [1.29, 1.82) is 0 Å². The smallest absolute Gasteiger partial charge is 0.269 e. The lowest BCUT2D eigenvalue weighted by molar-refractivity contribution is -0.384. The van der Waals surface area contributed by atoms with Crippen LogP contribution < -0.4 is 5.32 Å². The van der Waals surface area contributed by atoms with Crippen molar-refractivity contribution in [3.8, 4) is 0 Å². The van der Waals surface area contributed by atoms with Crippen molar-refractivity contribution in [3.63, 3.8) is 0 Å². The van der Waals surface area contributed by atoms with E-state index in [-0.39, 0.29) is 16.6 Å². The second kappa shape index (κ2) is 8.07. The molecule has 0 aliphatic carbocycles. The fourth-order valence-corrected chi connectivity index (χ4v) is 4.91. The molecule has 1 atom stereocenters. The quantitative estimate of drug-likeness (QED) is 0.608. The summed E-state index contributed by atoms with van der Waals surface area (Å²) < 4.78 is 27.2. The van der Waals surface area contributed by atoms with E-state index in [1.54, 1.807) is 0 Å². The topological polar surface area (TPSA) is 110 Å². The molecule has 0 radical (unpaired) electrons. The van der Waals surface area contributed by atoms with E-state index in [4.69, 9.17) is 0 Å². The van der Waals surface area contributed by atoms with E-state index in [9.17, 15) is 23.3 Å². The van der Waals surface area contributed by atoms with Crippen LogP contribution in [-0.4, -0.2) is 36.1 Å². The van der Waals surface area contributed by atoms with E-state index in [1.165, 1.54) is 52.8 Å². The van der Waals surface area contributed by atoms with E-state index in [1.807, 2.05) is 6.92 Å². The Kier molecular flexibility index (Phi) is 5.76. The van der Waals surface area contributed by atoms with Crippen LogP contribution in [-0.2, 0) is 10.0 Å². The van der Waals surface area contributed by atoms with Gasteiger partial charge in [0.2, 0.25) is 10.0 Å². The predicted octanol–water partition coefficient (Wildman–Crippen LogP) is 3.41. The molecule has 2 aromatic carbocycles. The van der Waals surface area contributed by atoms with Gasteiger partial charge in [0.15, 0.2) is 0 Å². The van der Waals surface area contributed by atoms with E-state index < -0.39 is 20.9 Å². The van der Waals surface area contributed by atoms with Crippen LogP contribution in [0.15, 0.2) is 53.4 Å². The molecule has 0 aromatic heterocycles. The fourth-order valence-electron chi connectivity index (χ4n) is 3.21. The molecular weight excluding hydrogens is 382 g/mol. The lowest BCUT2D eigenvalue weighted by Crippen LogP contribution is -2.41. The van der Waals surface area contributed by atoms with Crippen molar-refractivity contribution in [2.75, 3.05) is 11.9 Å². The van der Waals surface area contributed by atoms with Crippen LogP contribution in [0.2, 0.25) is 0 Å². The van der Waals surface area contributed by atoms with Crippen molar-refractivity contribution >= 4 is 27.3 Å². The summed E-state index contributed by atoms with van der Waals surface area (Å²) in [6.07, 6.45) is 2.71. The largest absolute Gasteiger partial charge is 0.322 e. The summed E-state index contributed by atoms with van der Waals surface area (Å²) in [5.74, 6) is -0.427. The number of carbonyl (C=O) groups excluding carboxylic acids is 1. The van der Waals surface area contributed by atoms with Gasteiger partial charge in [-0.2, -0.15) is 4.31 Å². The number of benzene rings is 2. The number of rotatable bonds is 5. The molecule has 9 heteroatoms. The van der Waals surface area contributed by atoms with Gasteiger partial charge in [0.05, 0.1) is 9.82 Å². The van der Waals surface area contributed by atoms with Gasteiger partial charge < -0.3 is 5.32 Å². The number of amides is 1. The molecule has 3 rings (SSSR count). The van der Waals surface area contributed by atoms with Crippen molar-refractivity contribution in [2.45, 2.75) is 37.1 Å². The van der Waals surface area contributed by atoms with Gasteiger partial charge in [-0.1, -0.05) is 6.42 Å². The van der Waals surface area contributed by atoms with E-state index >= 15 is 0 Å². The summed E-state index contributed by atoms with van der Waals surface area (Å²) >= 11 is 0. The fraction of sp³-hybridized carbons (Fsp3) is 0.316. The number of nitro groups is 1. The first kappa shape index (κ1) is 20.0. The predicted molar refractivity (Wildman–Crippen MR) is 105 cm³/mol. The van der Waals surface area contributed by atoms with Gasteiger partial charge in [-0.15, -0.1) is 0 Å². The molecule has 28 heavy (non-hydrogen) atoms. The number of non-ortho nitro benzene ring substituents is 1. The highest BCUT2D eigenvalue weighted by atomic mass is 32.2. The third kappa shape index (κ3) is 4.20. The average molecular weight is 403 g/mol. The van der Waals surface area contributed by atoms with Crippen molar-refractivity contribution in [2.24, 2.45) is 0 Å². The Morgan fingerprint density at radius 1 is 1.11 bits per heavy atom.